The van der Waals surface area contributed by atoms with E-state index in [0.717, 1.165) is 6.07 Å². The molecule has 0 unspecified atom stereocenters. The van der Waals surface area contributed by atoms with E-state index in [0.29, 0.717) is 5.56 Å². The number of phenols is 1. The summed E-state index contributed by atoms with van der Waals surface area (Å²) in [6.45, 7) is 0. The van der Waals surface area contributed by atoms with Gasteiger partial charge in [-0.3, -0.25) is 0 Å². The second kappa shape index (κ2) is 5.20. The number of nitrogens with one attached hydrogen (secondary N) is 1. The predicted octanol–water partition coefficient (Wildman–Crippen LogP) is 2.66. The lowest BCUT2D eigenvalue weighted by atomic mass is 10.1. The van der Waals surface area contributed by atoms with Gasteiger partial charge in [0.15, 0.2) is 0 Å². The highest BCUT2D eigenvalue weighted by atomic mass is 19.4. The first kappa shape index (κ1) is 13.9. The molecule has 2 aromatic rings. The first-order chi connectivity index (χ1) is 9.36. The number of rotatable bonds is 2. The molecule has 0 atom stereocenters. The SMILES string of the molecule is O=c1nc(C=Cc2ccccc2O)cc(C(F)(F)F)[nH]1. The Balaban J connectivity index is 2.37. The van der Waals surface area contributed by atoms with Crippen molar-refractivity contribution >= 4 is 12.2 Å². The average molecular weight is 282 g/mol. The lowest BCUT2D eigenvalue weighted by Gasteiger charge is -2.05. The molecule has 0 saturated heterocycles. The number of para-hydroxylation sites is 1. The Bertz CT molecular complexity index is 705. The number of aromatic nitrogens is 2. The summed E-state index contributed by atoms with van der Waals surface area (Å²) in [6, 6.07) is 7.00. The van der Waals surface area contributed by atoms with Crippen LogP contribution in [0.5, 0.6) is 5.75 Å². The van der Waals surface area contributed by atoms with Crippen LogP contribution >= 0.6 is 0 Å². The molecule has 0 fully saturated rings. The van der Waals surface area contributed by atoms with Crippen LogP contribution in [0.15, 0.2) is 35.1 Å². The highest BCUT2D eigenvalue weighted by Gasteiger charge is 2.32. The van der Waals surface area contributed by atoms with E-state index in [1.807, 2.05) is 0 Å². The molecule has 2 rings (SSSR count). The third kappa shape index (κ3) is 3.25. The second-order valence-electron chi connectivity index (χ2n) is 3.91. The van der Waals surface area contributed by atoms with Gasteiger partial charge < -0.3 is 10.1 Å². The van der Waals surface area contributed by atoms with Crippen LogP contribution in [0.3, 0.4) is 0 Å². The van der Waals surface area contributed by atoms with Gasteiger partial charge in [0, 0.05) is 5.56 Å². The number of phenolic OH excluding ortho intramolecular Hbond substituents is 1. The van der Waals surface area contributed by atoms with Gasteiger partial charge in [-0.05, 0) is 24.3 Å². The standard InChI is InChI=1S/C13H9F3N2O2/c14-13(15,16)11-7-9(17-12(20)18-11)6-5-8-3-1-2-4-10(8)19/h1-7,19H,(H,17,18,20). The molecular formula is C13H9F3N2O2. The van der Waals surface area contributed by atoms with Crippen molar-refractivity contribution in [2.24, 2.45) is 0 Å². The fourth-order valence-corrected chi connectivity index (χ4v) is 1.52. The van der Waals surface area contributed by atoms with E-state index in [2.05, 4.69) is 4.98 Å². The fourth-order valence-electron chi connectivity index (χ4n) is 1.52. The van der Waals surface area contributed by atoms with E-state index < -0.39 is 17.6 Å². The molecular weight excluding hydrogens is 273 g/mol. The topological polar surface area (TPSA) is 66.0 Å². The number of hydrogen-bond acceptors (Lipinski definition) is 3. The molecule has 0 spiro atoms. The van der Waals surface area contributed by atoms with E-state index in [4.69, 9.17) is 0 Å². The van der Waals surface area contributed by atoms with Gasteiger partial charge in [-0.2, -0.15) is 18.2 Å². The Kier molecular flexibility index (Phi) is 3.60. The summed E-state index contributed by atoms with van der Waals surface area (Å²) in [4.78, 5) is 16.1. The van der Waals surface area contributed by atoms with Crippen molar-refractivity contribution in [3.8, 4) is 5.75 Å². The van der Waals surface area contributed by atoms with Crippen molar-refractivity contribution < 1.29 is 18.3 Å². The van der Waals surface area contributed by atoms with E-state index in [1.165, 1.54) is 18.2 Å². The van der Waals surface area contributed by atoms with Crippen LogP contribution in [0.4, 0.5) is 13.2 Å². The van der Waals surface area contributed by atoms with Gasteiger partial charge >= 0.3 is 11.9 Å². The van der Waals surface area contributed by atoms with E-state index in [1.54, 1.807) is 23.2 Å². The maximum atomic E-state index is 12.5. The largest absolute Gasteiger partial charge is 0.507 e. The molecule has 1 aromatic heterocycles. The second-order valence-corrected chi connectivity index (χ2v) is 3.91. The molecule has 0 saturated carbocycles. The van der Waals surface area contributed by atoms with E-state index in [9.17, 15) is 23.1 Å². The van der Waals surface area contributed by atoms with Crippen LogP contribution in [-0.2, 0) is 6.18 Å². The smallest absolute Gasteiger partial charge is 0.431 e. The van der Waals surface area contributed by atoms with Crippen LogP contribution in [0.2, 0.25) is 0 Å². The first-order valence-corrected chi connectivity index (χ1v) is 5.51. The molecule has 2 N–H and O–H groups in total. The lowest BCUT2D eigenvalue weighted by Crippen LogP contribution is -2.19. The van der Waals surface area contributed by atoms with Gasteiger partial charge in [-0.15, -0.1) is 0 Å². The molecule has 4 nitrogen and oxygen atoms in total. The highest BCUT2D eigenvalue weighted by molar-refractivity contribution is 5.71. The molecule has 0 aliphatic heterocycles. The maximum absolute atomic E-state index is 12.5. The normalized spacial score (nSPS) is 11.9. The summed E-state index contributed by atoms with van der Waals surface area (Å²) in [5.74, 6) is -0.0235. The highest BCUT2D eigenvalue weighted by Crippen LogP contribution is 2.27. The molecule has 20 heavy (non-hydrogen) atoms. The van der Waals surface area contributed by atoms with E-state index >= 15 is 0 Å². The molecule has 0 bridgehead atoms. The summed E-state index contributed by atoms with van der Waals surface area (Å²) in [5, 5.41) is 9.51. The molecule has 1 aromatic carbocycles. The van der Waals surface area contributed by atoms with Crippen molar-refractivity contribution in [2.75, 3.05) is 0 Å². The van der Waals surface area contributed by atoms with Crippen LogP contribution < -0.4 is 5.69 Å². The van der Waals surface area contributed by atoms with E-state index in [-0.39, 0.29) is 11.4 Å². The quantitative estimate of drug-likeness (QED) is 0.890. The Hall–Kier alpha value is -2.57. The molecule has 0 aliphatic rings. The van der Waals surface area contributed by atoms with Crippen molar-refractivity contribution in [1.29, 1.82) is 0 Å². The third-order valence-electron chi connectivity index (χ3n) is 2.44. The summed E-state index contributed by atoms with van der Waals surface area (Å²) in [6.07, 6.45) is -2.06. The number of halogens is 3. The number of H-pyrrole nitrogens is 1. The van der Waals surface area contributed by atoms with Gasteiger partial charge in [0.25, 0.3) is 0 Å². The van der Waals surface area contributed by atoms with Crippen molar-refractivity contribution in [3.05, 3.63) is 57.8 Å². The monoisotopic (exact) mass is 282 g/mol. The number of hydrogen-bond donors (Lipinski definition) is 2. The van der Waals surface area contributed by atoms with Crippen molar-refractivity contribution in [1.82, 2.24) is 9.97 Å². The van der Waals surface area contributed by atoms with Gasteiger partial charge in [0.2, 0.25) is 0 Å². The zero-order valence-electron chi connectivity index (χ0n) is 9.98. The molecule has 0 radical (unpaired) electrons. The Morgan fingerprint density at radius 2 is 1.90 bits per heavy atom. The third-order valence-corrected chi connectivity index (χ3v) is 2.44. The molecule has 104 valence electrons. The molecule has 0 aliphatic carbocycles. The molecule has 0 amide bonds. The number of alkyl halides is 3. The predicted molar refractivity (Wildman–Crippen MR) is 66.9 cm³/mol. The van der Waals surface area contributed by atoms with Crippen molar-refractivity contribution in [2.45, 2.75) is 6.18 Å². The lowest BCUT2D eigenvalue weighted by molar-refractivity contribution is -0.141. The number of aromatic amines is 1. The van der Waals surface area contributed by atoms with Crippen LogP contribution in [-0.4, -0.2) is 15.1 Å². The minimum atomic E-state index is -4.65. The number of nitrogens with zero attached hydrogens (tertiary/aromatic N) is 1. The average Bonchev–Trinajstić information content (AvgIpc) is 2.36. The molecule has 7 heteroatoms. The Labute approximate surface area is 111 Å². The van der Waals surface area contributed by atoms with Crippen molar-refractivity contribution in [3.63, 3.8) is 0 Å². The summed E-state index contributed by atoms with van der Waals surface area (Å²) >= 11 is 0. The summed E-state index contributed by atoms with van der Waals surface area (Å²) in [7, 11) is 0. The first-order valence-electron chi connectivity index (χ1n) is 5.51. The van der Waals surface area contributed by atoms with Gasteiger partial charge in [-0.1, -0.05) is 18.2 Å². The Morgan fingerprint density at radius 1 is 1.20 bits per heavy atom. The maximum Gasteiger partial charge on any atom is 0.431 e. The zero-order valence-corrected chi connectivity index (χ0v) is 9.98. The molecule has 1 heterocycles. The van der Waals surface area contributed by atoms with Crippen LogP contribution in [0.1, 0.15) is 17.0 Å². The summed E-state index contributed by atoms with van der Waals surface area (Å²) < 4.78 is 37.5. The fraction of sp³-hybridized carbons (Fsp3) is 0.0769. The van der Waals surface area contributed by atoms with Gasteiger partial charge in [0.05, 0.1) is 5.69 Å². The van der Waals surface area contributed by atoms with Crippen LogP contribution in [0, 0.1) is 0 Å². The van der Waals surface area contributed by atoms with Crippen LogP contribution in [0.25, 0.3) is 12.2 Å². The Morgan fingerprint density at radius 3 is 2.55 bits per heavy atom. The van der Waals surface area contributed by atoms with Gasteiger partial charge in [-0.25, -0.2) is 4.79 Å². The zero-order chi connectivity index (χ0) is 14.8. The van der Waals surface area contributed by atoms with Gasteiger partial charge in [0.1, 0.15) is 11.4 Å². The minimum absolute atomic E-state index is 0.0235. The minimum Gasteiger partial charge on any atom is -0.507 e. The summed E-state index contributed by atoms with van der Waals surface area (Å²) in [5.41, 5.74) is -2.00. The number of aromatic hydroxyl groups is 1. The number of benzene rings is 1.